The predicted molar refractivity (Wildman–Crippen MR) is 75.8 cm³/mol. The van der Waals surface area contributed by atoms with E-state index in [9.17, 15) is 8.42 Å². The van der Waals surface area contributed by atoms with Gasteiger partial charge in [-0.15, -0.1) is 0 Å². The molecule has 1 aromatic carbocycles. The Kier molecular flexibility index (Phi) is 3.50. The van der Waals surface area contributed by atoms with Crippen LogP contribution in [0.2, 0.25) is 0 Å². The minimum absolute atomic E-state index is 0.375. The zero-order valence-corrected chi connectivity index (χ0v) is 11.8. The molecular weight excluding hydrogens is 260 g/mol. The summed E-state index contributed by atoms with van der Waals surface area (Å²) in [5.74, 6) is 0.533. The third kappa shape index (κ3) is 2.77. The SMILES string of the molecule is O=S(=O)(NCC1CCC1)c1ccc2c(c1)NCCC2. The van der Waals surface area contributed by atoms with Gasteiger partial charge in [-0.1, -0.05) is 12.5 Å². The summed E-state index contributed by atoms with van der Waals surface area (Å²) >= 11 is 0. The fraction of sp³-hybridized carbons (Fsp3) is 0.571. The Labute approximate surface area is 114 Å². The average Bonchev–Trinajstić information content (AvgIpc) is 2.36. The number of hydrogen-bond donors (Lipinski definition) is 2. The summed E-state index contributed by atoms with van der Waals surface area (Å²) < 4.78 is 27.2. The normalized spacial score (nSPS) is 19.4. The van der Waals surface area contributed by atoms with Gasteiger partial charge in [0.2, 0.25) is 10.0 Å². The van der Waals surface area contributed by atoms with E-state index in [-0.39, 0.29) is 0 Å². The molecule has 104 valence electrons. The van der Waals surface area contributed by atoms with Crippen LogP contribution in [0.15, 0.2) is 23.1 Å². The Hall–Kier alpha value is -1.07. The molecule has 1 saturated carbocycles. The number of hydrogen-bond acceptors (Lipinski definition) is 3. The number of rotatable bonds is 4. The fourth-order valence-electron chi connectivity index (χ4n) is 2.62. The maximum atomic E-state index is 12.2. The van der Waals surface area contributed by atoms with Gasteiger partial charge in [-0.2, -0.15) is 0 Å². The minimum atomic E-state index is -3.36. The number of aryl methyl sites for hydroxylation is 1. The summed E-state index contributed by atoms with van der Waals surface area (Å²) in [5.41, 5.74) is 2.18. The lowest BCUT2D eigenvalue weighted by Gasteiger charge is -2.25. The molecule has 0 saturated heterocycles. The van der Waals surface area contributed by atoms with Crippen LogP contribution < -0.4 is 10.0 Å². The fourth-order valence-corrected chi connectivity index (χ4v) is 3.76. The van der Waals surface area contributed by atoms with Gasteiger partial charge in [0.25, 0.3) is 0 Å². The summed E-state index contributed by atoms with van der Waals surface area (Å²) in [5, 5.41) is 3.27. The molecule has 3 rings (SSSR count). The van der Waals surface area contributed by atoms with E-state index in [1.165, 1.54) is 12.0 Å². The quantitative estimate of drug-likeness (QED) is 0.888. The molecule has 0 atom stereocenters. The van der Waals surface area contributed by atoms with E-state index in [0.717, 1.165) is 37.9 Å². The summed E-state index contributed by atoms with van der Waals surface area (Å²) in [6.45, 7) is 1.50. The number of sulfonamides is 1. The molecule has 0 spiro atoms. The van der Waals surface area contributed by atoms with Gasteiger partial charge >= 0.3 is 0 Å². The second-order valence-electron chi connectivity index (χ2n) is 5.50. The van der Waals surface area contributed by atoms with E-state index in [0.29, 0.717) is 17.4 Å². The molecular formula is C14H20N2O2S. The molecule has 1 aliphatic carbocycles. The molecule has 0 radical (unpaired) electrons. The van der Waals surface area contributed by atoms with Gasteiger partial charge in [0.05, 0.1) is 4.90 Å². The zero-order valence-electron chi connectivity index (χ0n) is 11.0. The first-order valence-corrected chi connectivity index (χ1v) is 8.50. The zero-order chi connectivity index (χ0) is 13.3. The predicted octanol–water partition coefficient (Wildman–Crippen LogP) is 2.12. The van der Waals surface area contributed by atoms with Gasteiger partial charge < -0.3 is 5.32 Å². The lowest BCUT2D eigenvalue weighted by atomic mass is 9.86. The first-order chi connectivity index (χ1) is 9.15. The van der Waals surface area contributed by atoms with E-state index in [1.54, 1.807) is 12.1 Å². The van der Waals surface area contributed by atoms with Crippen molar-refractivity contribution in [1.29, 1.82) is 0 Å². The highest BCUT2D eigenvalue weighted by molar-refractivity contribution is 7.89. The van der Waals surface area contributed by atoms with Crippen LogP contribution in [-0.2, 0) is 16.4 Å². The van der Waals surface area contributed by atoms with E-state index in [4.69, 9.17) is 0 Å². The molecule has 1 fully saturated rings. The van der Waals surface area contributed by atoms with Crippen molar-refractivity contribution < 1.29 is 8.42 Å². The monoisotopic (exact) mass is 280 g/mol. The molecule has 5 heteroatoms. The van der Waals surface area contributed by atoms with Gasteiger partial charge in [0.15, 0.2) is 0 Å². The summed E-state index contributed by atoms with van der Waals surface area (Å²) in [6, 6.07) is 5.41. The molecule has 1 heterocycles. The van der Waals surface area contributed by atoms with Crippen molar-refractivity contribution in [1.82, 2.24) is 4.72 Å². The third-order valence-corrected chi connectivity index (χ3v) is 5.54. The molecule has 0 bridgehead atoms. The minimum Gasteiger partial charge on any atom is -0.385 e. The number of nitrogens with one attached hydrogen (secondary N) is 2. The Morgan fingerprint density at radius 3 is 2.84 bits per heavy atom. The number of anilines is 1. The average molecular weight is 280 g/mol. The first kappa shape index (κ1) is 12.9. The highest BCUT2D eigenvalue weighted by Gasteiger charge is 2.22. The van der Waals surface area contributed by atoms with Gasteiger partial charge in [-0.3, -0.25) is 0 Å². The van der Waals surface area contributed by atoms with Gasteiger partial charge in [-0.05, 0) is 49.3 Å². The van der Waals surface area contributed by atoms with E-state index in [2.05, 4.69) is 10.0 Å². The molecule has 19 heavy (non-hydrogen) atoms. The van der Waals surface area contributed by atoms with Gasteiger partial charge in [-0.25, -0.2) is 13.1 Å². The second-order valence-corrected chi connectivity index (χ2v) is 7.27. The highest BCUT2D eigenvalue weighted by atomic mass is 32.2. The third-order valence-electron chi connectivity index (χ3n) is 4.12. The summed E-state index contributed by atoms with van der Waals surface area (Å²) in [7, 11) is -3.36. The number of fused-ring (bicyclic) bond motifs is 1. The van der Waals surface area contributed by atoms with Gasteiger partial charge in [0.1, 0.15) is 0 Å². The van der Waals surface area contributed by atoms with E-state index < -0.39 is 10.0 Å². The molecule has 4 nitrogen and oxygen atoms in total. The van der Waals surface area contributed by atoms with Crippen molar-refractivity contribution in [2.24, 2.45) is 5.92 Å². The largest absolute Gasteiger partial charge is 0.385 e. The topological polar surface area (TPSA) is 58.2 Å². The molecule has 1 aliphatic heterocycles. The van der Waals surface area contributed by atoms with Crippen molar-refractivity contribution in [2.45, 2.75) is 37.0 Å². The molecule has 0 amide bonds. The van der Waals surface area contributed by atoms with Crippen LogP contribution in [0, 0.1) is 5.92 Å². The van der Waals surface area contributed by atoms with Crippen LogP contribution in [0.25, 0.3) is 0 Å². The molecule has 2 N–H and O–H groups in total. The second kappa shape index (κ2) is 5.13. The maximum Gasteiger partial charge on any atom is 0.240 e. The Morgan fingerprint density at radius 2 is 2.11 bits per heavy atom. The van der Waals surface area contributed by atoms with Gasteiger partial charge in [0, 0.05) is 18.8 Å². The maximum absolute atomic E-state index is 12.2. The van der Waals surface area contributed by atoms with Crippen LogP contribution in [0.5, 0.6) is 0 Å². The lowest BCUT2D eigenvalue weighted by Crippen LogP contribution is -2.32. The van der Waals surface area contributed by atoms with Crippen LogP contribution >= 0.6 is 0 Å². The Morgan fingerprint density at radius 1 is 1.26 bits per heavy atom. The lowest BCUT2D eigenvalue weighted by molar-refractivity contribution is 0.316. The van der Waals surface area contributed by atoms with Crippen LogP contribution in [0.1, 0.15) is 31.2 Å². The van der Waals surface area contributed by atoms with Crippen LogP contribution in [0.3, 0.4) is 0 Å². The Balaban J connectivity index is 1.76. The van der Waals surface area contributed by atoms with E-state index in [1.807, 2.05) is 6.07 Å². The smallest absolute Gasteiger partial charge is 0.240 e. The summed E-state index contributed by atoms with van der Waals surface area (Å²) in [6.07, 6.45) is 5.66. The summed E-state index contributed by atoms with van der Waals surface area (Å²) in [4.78, 5) is 0.375. The molecule has 1 aromatic rings. The molecule has 2 aliphatic rings. The van der Waals surface area contributed by atoms with Crippen LogP contribution in [0.4, 0.5) is 5.69 Å². The standard InChI is InChI=1S/C14H20N2O2S/c17-19(18,16-10-11-3-1-4-11)13-7-6-12-5-2-8-15-14(12)9-13/h6-7,9,11,15-16H,1-5,8,10H2. The van der Waals surface area contributed by atoms with Crippen LogP contribution in [-0.4, -0.2) is 21.5 Å². The van der Waals surface area contributed by atoms with Crippen molar-refractivity contribution in [3.05, 3.63) is 23.8 Å². The van der Waals surface area contributed by atoms with Crippen molar-refractivity contribution in [3.8, 4) is 0 Å². The van der Waals surface area contributed by atoms with E-state index >= 15 is 0 Å². The van der Waals surface area contributed by atoms with Crippen molar-refractivity contribution in [2.75, 3.05) is 18.4 Å². The van der Waals surface area contributed by atoms with Crippen molar-refractivity contribution >= 4 is 15.7 Å². The Bertz CT molecular complexity index is 565. The van der Waals surface area contributed by atoms with Crippen molar-refractivity contribution in [3.63, 3.8) is 0 Å². The number of benzene rings is 1. The molecule has 0 unspecified atom stereocenters. The molecule has 0 aromatic heterocycles. The highest BCUT2D eigenvalue weighted by Crippen LogP contribution is 2.27. The first-order valence-electron chi connectivity index (χ1n) is 7.02.